The second-order valence-corrected chi connectivity index (χ2v) is 6.50. The first-order chi connectivity index (χ1) is 8.60. The number of thioether (sulfide) groups is 1. The summed E-state index contributed by atoms with van der Waals surface area (Å²) < 4.78 is 13.3. The molecule has 2 rings (SSSR count). The van der Waals surface area contributed by atoms with E-state index in [9.17, 15) is 4.39 Å². The van der Waals surface area contributed by atoms with E-state index in [4.69, 9.17) is 5.73 Å². The number of benzene rings is 1. The van der Waals surface area contributed by atoms with Gasteiger partial charge in [-0.25, -0.2) is 4.39 Å². The molecule has 4 heteroatoms. The topological polar surface area (TPSA) is 38.0 Å². The van der Waals surface area contributed by atoms with Crippen LogP contribution in [-0.2, 0) is 0 Å². The Morgan fingerprint density at radius 1 is 1.44 bits per heavy atom. The summed E-state index contributed by atoms with van der Waals surface area (Å²) in [5.41, 5.74) is 7.88. The van der Waals surface area contributed by atoms with E-state index in [-0.39, 0.29) is 5.82 Å². The summed E-state index contributed by atoms with van der Waals surface area (Å²) >= 11 is 2.03. The molecule has 1 aromatic carbocycles. The normalized spacial score (nSPS) is 23.3. The van der Waals surface area contributed by atoms with Crippen molar-refractivity contribution in [3.63, 3.8) is 0 Å². The largest absolute Gasteiger partial charge is 0.397 e. The number of anilines is 2. The molecule has 0 saturated heterocycles. The summed E-state index contributed by atoms with van der Waals surface area (Å²) in [4.78, 5) is 0. The zero-order valence-electron chi connectivity index (χ0n) is 11.0. The van der Waals surface area contributed by atoms with Crippen molar-refractivity contribution in [3.05, 3.63) is 23.5 Å². The molecule has 2 atom stereocenters. The highest BCUT2D eigenvalue weighted by atomic mass is 32.2. The molecule has 2 unspecified atom stereocenters. The maximum Gasteiger partial charge on any atom is 0.128 e. The number of nitrogens with two attached hydrogens (primary N) is 1. The summed E-state index contributed by atoms with van der Waals surface area (Å²) in [6, 6.07) is 3.69. The number of halogens is 1. The molecule has 0 aromatic heterocycles. The van der Waals surface area contributed by atoms with E-state index >= 15 is 0 Å². The first-order valence-corrected chi connectivity index (χ1v) is 7.58. The van der Waals surface area contributed by atoms with Gasteiger partial charge in [0.05, 0.1) is 11.4 Å². The van der Waals surface area contributed by atoms with Crippen molar-refractivity contribution in [1.82, 2.24) is 0 Å². The van der Waals surface area contributed by atoms with Crippen LogP contribution in [0.3, 0.4) is 0 Å². The highest BCUT2D eigenvalue weighted by molar-refractivity contribution is 7.99. The minimum atomic E-state index is -0.233. The summed E-state index contributed by atoms with van der Waals surface area (Å²) in [7, 11) is 0. The van der Waals surface area contributed by atoms with Crippen molar-refractivity contribution in [2.75, 3.05) is 16.8 Å². The lowest BCUT2D eigenvalue weighted by atomic mass is 10.1. The van der Waals surface area contributed by atoms with Crippen LogP contribution >= 0.6 is 11.8 Å². The SMILES string of the molecule is CCSC1CCC(Nc2cc(C)c(F)cc2N)C1. The van der Waals surface area contributed by atoms with Crippen LogP contribution in [0.25, 0.3) is 0 Å². The Morgan fingerprint density at radius 3 is 2.94 bits per heavy atom. The Balaban J connectivity index is 2.00. The van der Waals surface area contributed by atoms with Crippen molar-refractivity contribution < 1.29 is 4.39 Å². The molecule has 1 saturated carbocycles. The van der Waals surface area contributed by atoms with Crippen LogP contribution in [0, 0.1) is 12.7 Å². The predicted molar refractivity (Wildman–Crippen MR) is 78.7 cm³/mol. The second-order valence-electron chi connectivity index (χ2n) is 4.92. The fourth-order valence-electron chi connectivity index (χ4n) is 2.50. The van der Waals surface area contributed by atoms with E-state index < -0.39 is 0 Å². The fraction of sp³-hybridized carbons (Fsp3) is 0.571. The first-order valence-electron chi connectivity index (χ1n) is 6.54. The molecule has 0 heterocycles. The highest BCUT2D eigenvalue weighted by Crippen LogP contribution is 2.33. The molecule has 18 heavy (non-hydrogen) atoms. The van der Waals surface area contributed by atoms with Gasteiger partial charge < -0.3 is 11.1 Å². The van der Waals surface area contributed by atoms with Crippen LogP contribution in [0.4, 0.5) is 15.8 Å². The standard InChI is InChI=1S/C14H21FN2S/c1-3-18-11-5-4-10(7-11)17-14-6-9(2)12(15)8-13(14)16/h6,8,10-11,17H,3-5,7,16H2,1-2H3. The lowest BCUT2D eigenvalue weighted by Crippen LogP contribution is -2.17. The zero-order valence-corrected chi connectivity index (χ0v) is 11.8. The summed E-state index contributed by atoms with van der Waals surface area (Å²) in [5.74, 6) is 0.943. The van der Waals surface area contributed by atoms with Gasteiger partial charge in [0.1, 0.15) is 5.82 Å². The van der Waals surface area contributed by atoms with Crippen molar-refractivity contribution in [1.29, 1.82) is 0 Å². The van der Waals surface area contributed by atoms with E-state index in [0.717, 1.165) is 10.9 Å². The van der Waals surface area contributed by atoms with Gasteiger partial charge in [-0.2, -0.15) is 11.8 Å². The number of nitrogen functional groups attached to an aromatic ring is 1. The predicted octanol–water partition coefficient (Wildman–Crippen LogP) is 3.80. The Bertz CT molecular complexity index is 423. The van der Waals surface area contributed by atoms with Crippen LogP contribution in [0.5, 0.6) is 0 Å². The molecule has 0 spiro atoms. The average Bonchev–Trinajstić information content (AvgIpc) is 2.74. The summed E-state index contributed by atoms with van der Waals surface area (Å²) in [6.07, 6.45) is 3.61. The average molecular weight is 268 g/mol. The number of nitrogens with one attached hydrogen (secondary N) is 1. The number of rotatable bonds is 4. The molecule has 2 nitrogen and oxygen atoms in total. The van der Waals surface area contributed by atoms with E-state index in [2.05, 4.69) is 12.2 Å². The van der Waals surface area contributed by atoms with Gasteiger partial charge in [-0.15, -0.1) is 0 Å². The van der Waals surface area contributed by atoms with Crippen molar-refractivity contribution in [3.8, 4) is 0 Å². The number of hydrogen-bond donors (Lipinski definition) is 2. The van der Waals surface area contributed by atoms with Crippen LogP contribution in [-0.4, -0.2) is 17.0 Å². The third-order valence-electron chi connectivity index (χ3n) is 3.48. The van der Waals surface area contributed by atoms with Gasteiger partial charge >= 0.3 is 0 Å². The van der Waals surface area contributed by atoms with E-state index in [1.54, 1.807) is 6.92 Å². The smallest absolute Gasteiger partial charge is 0.128 e. The maximum atomic E-state index is 13.3. The van der Waals surface area contributed by atoms with Crippen LogP contribution < -0.4 is 11.1 Å². The molecule has 0 amide bonds. The molecule has 1 aromatic rings. The minimum Gasteiger partial charge on any atom is -0.397 e. The van der Waals surface area contributed by atoms with Crippen LogP contribution in [0.2, 0.25) is 0 Å². The lowest BCUT2D eigenvalue weighted by molar-refractivity contribution is 0.619. The molecule has 1 aliphatic carbocycles. The third kappa shape index (κ3) is 3.10. The third-order valence-corrected chi connectivity index (χ3v) is 4.71. The Labute approximate surface area is 113 Å². The van der Waals surface area contributed by atoms with Gasteiger partial charge in [0.15, 0.2) is 0 Å². The van der Waals surface area contributed by atoms with Crippen molar-refractivity contribution in [2.24, 2.45) is 0 Å². The Kier molecular flexibility index (Phi) is 4.38. The van der Waals surface area contributed by atoms with Gasteiger partial charge in [-0.3, -0.25) is 0 Å². The van der Waals surface area contributed by atoms with Gasteiger partial charge in [-0.1, -0.05) is 6.92 Å². The highest BCUT2D eigenvalue weighted by Gasteiger charge is 2.24. The second kappa shape index (κ2) is 5.83. The summed E-state index contributed by atoms with van der Waals surface area (Å²) in [6.45, 7) is 3.97. The molecule has 1 fully saturated rings. The molecule has 1 aliphatic rings. The number of hydrogen-bond acceptors (Lipinski definition) is 3. The summed E-state index contributed by atoms with van der Waals surface area (Å²) in [5, 5.41) is 4.22. The maximum absolute atomic E-state index is 13.3. The van der Waals surface area contributed by atoms with E-state index in [1.807, 2.05) is 17.8 Å². The van der Waals surface area contributed by atoms with E-state index in [1.165, 1.54) is 31.1 Å². The van der Waals surface area contributed by atoms with Gasteiger partial charge in [0.25, 0.3) is 0 Å². The molecule has 3 N–H and O–H groups in total. The monoisotopic (exact) mass is 268 g/mol. The van der Waals surface area contributed by atoms with Gasteiger partial charge in [0.2, 0.25) is 0 Å². The Morgan fingerprint density at radius 2 is 2.22 bits per heavy atom. The van der Waals surface area contributed by atoms with Crippen LogP contribution in [0.1, 0.15) is 31.7 Å². The minimum absolute atomic E-state index is 0.233. The molecular formula is C14H21FN2S. The molecule has 0 radical (unpaired) electrons. The fourth-order valence-corrected chi connectivity index (χ4v) is 3.64. The van der Waals surface area contributed by atoms with Crippen LogP contribution in [0.15, 0.2) is 12.1 Å². The first kappa shape index (κ1) is 13.5. The molecular weight excluding hydrogens is 247 g/mol. The Hall–Kier alpha value is -0.900. The van der Waals surface area contributed by atoms with E-state index in [0.29, 0.717) is 17.3 Å². The van der Waals surface area contributed by atoms with Gasteiger partial charge in [0, 0.05) is 11.3 Å². The quantitative estimate of drug-likeness (QED) is 0.816. The molecule has 0 bridgehead atoms. The molecule has 100 valence electrons. The zero-order chi connectivity index (χ0) is 13.1. The molecule has 0 aliphatic heterocycles. The lowest BCUT2D eigenvalue weighted by Gasteiger charge is -2.17. The van der Waals surface area contributed by atoms with Crippen molar-refractivity contribution in [2.45, 2.75) is 44.4 Å². The van der Waals surface area contributed by atoms with Crippen molar-refractivity contribution >= 4 is 23.1 Å². The van der Waals surface area contributed by atoms with Gasteiger partial charge in [-0.05, 0) is 49.6 Å². The number of aryl methyl sites for hydroxylation is 1.